The van der Waals surface area contributed by atoms with E-state index in [0.717, 1.165) is 48.2 Å². The van der Waals surface area contributed by atoms with Gasteiger partial charge in [-0.25, -0.2) is 0 Å². The number of rotatable bonds is 6. The average molecular weight is 520 g/mol. The number of benzene rings is 1. The lowest BCUT2D eigenvalue weighted by Crippen LogP contribution is -2.33. The van der Waals surface area contributed by atoms with Gasteiger partial charge in [-0.1, -0.05) is 30.3 Å². The van der Waals surface area contributed by atoms with Crippen LogP contribution < -0.4 is 10.2 Å². The van der Waals surface area contributed by atoms with E-state index >= 15 is 0 Å². The fourth-order valence-electron chi connectivity index (χ4n) is 4.88. The number of amidine groups is 1. The van der Waals surface area contributed by atoms with E-state index < -0.39 is 0 Å². The molecule has 3 atom stereocenters. The third kappa shape index (κ3) is 6.58. The van der Waals surface area contributed by atoms with Crippen LogP contribution in [0.2, 0.25) is 0 Å². The highest BCUT2D eigenvalue weighted by molar-refractivity contribution is 6.07. The van der Waals surface area contributed by atoms with Crippen LogP contribution in [0.4, 0.5) is 5.69 Å². The Bertz CT molecular complexity index is 1290. The van der Waals surface area contributed by atoms with Crippen molar-refractivity contribution in [2.24, 2.45) is 17.0 Å². The second kappa shape index (κ2) is 11.8. The molecule has 3 unspecified atom stereocenters. The topological polar surface area (TPSA) is 109 Å². The van der Waals surface area contributed by atoms with Crippen molar-refractivity contribution in [2.75, 3.05) is 25.7 Å². The number of fused-ring (bicyclic) bond motifs is 1. The highest BCUT2D eigenvalue weighted by Crippen LogP contribution is 2.38. The van der Waals surface area contributed by atoms with Crippen molar-refractivity contribution in [1.29, 1.82) is 0 Å². The number of pyridine rings is 1. The highest BCUT2D eigenvalue weighted by Gasteiger charge is 2.37. The van der Waals surface area contributed by atoms with Gasteiger partial charge in [0.05, 0.1) is 17.3 Å². The number of aromatic nitrogens is 2. The van der Waals surface area contributed by atoms with Crippen LogP contribution >= 0.6 is 0 Å². The molecule has 1 aliphatic heterocycles. The smallest absolute Gasteiger partial charge is 0.274 e. The van der Waals surface area contributed by atoms with Gasteiger partial charge in [-0.3, -0.25) is 14.6 Å². The van der Waals surface area contributed by atoms with E-state index in [-0.39, 0.29) is 11.5 Å². The number of amides is 2. The van der Waals surface area contributed by atoms with Crippen LogP contribution in [0.15, 0.2) is 53.8 Å². The van der Waals surface area contributed by atoms with E-state index in [4.69, 9.17) is 4.74 Å². The highest BCUT2D eigenvalue weighted by atomic mass is 16.6. The molecule has 2 N–H and O–H groups in total. The average Bonchev–Trinajstić information content (AvgIpc) is 3.48. The summed E-state index contributed by atoms with van der Waals surface area (Å²) < 4.78 is 5.82. The normalized spacial score (nSPS) is 22.1. The zero-order chi connectivity index (χ0) is 27.3. The van der Waals surface area contributed by atoms with Crippen LogP contribution in [0, 0.1) is 11.8 Å². The van der Waals surface area contributed by atoms with E-state index in [1.165, 1.54) is 7.11 Å². The molecule has 5 rings (SSSR count). The molecule has 0 spiro atoms. The maximum absolute atomic E-state index is 12.8. The summed E-state index contributed by atoms with van der Waals surface area (Å²) in [4.78, 5) is 37.0. The van der Waals surface area contributed by atoms with Gasteiger partial charge in [-0.2, -0.15) is 0 Å². The van der Waals surface area contributed by atoms with E-state index in [1.54, 1.807) is 11.9 Å². The molecule has 2 amide bonds. The monoisotopic (exact) mass is 519 g/mol. The molecule has 0 radical (unpaired) electrons. The van der Waals surface area contributed by atoms with E-state index in [1.807, 2.05) is 42.6 Å². The Hall–Kier alpha value is -3.72. The summed E-state index contributed by atoms with van der Waals surface area (Å²) in [5.41, 5.74) is 3.28. The van der Waals surface area contributed by atoms with Crippen LogP contribution in [0.25, 0.3) is 10.9 Å². The first kappa shape index (κ1) is 27.3. The van der Waals surface area contributed by atoms with Crippen LogP contribution in [0.5, 0.6) is 0 Å². The lowest BCUT2D eigenvalue weighted by molar-refractivity contribution is -0.108. The predicted octanol–water partition coefficient (Wildman–Crippen LogP) is 4.86. The maximum atomic E-state index is 12.8. The minimum Gasteiger partial charge on any atom is -0.398 e. The molecular formula is C29H37N5O4. The van der Waals surface area contributed by atoms with Crippen molar-refractivity contribution in [1.82, 2.24) is 15.3 Å². The van der Waals surface area contributed by atoms with E-state index in [2.05, 4.69) is 52.1 Å². The van der Waals surface area contributed by atoms with Crippen LogP contribution in [0.1, 0.15) is 62.1 Å². The molecule has 2 aromatic heterocycles. The molecule has 2 aliphatic rings. The number of hydrogen-bond acceptors (Lipinski definition) is 6. The van der Waals surface area contributed by atoms with Crippen molar-refractivity contribution in [3.05, 3.63) is 60.0 Å². The molecule has 3 aromatic rings. The van der Waals surface area contributed by atoms with Gasteiger partial charge >= 0.3 is 0 Å². The van der Waals surface area contributed by atoms with Crippen molar-refractivity contribution < 1.29 is 19.2 Å². The number of aromatic amines is 1. The number of H-pyrrole nitrogens is 1. The Labute approximate surface area is 223 Å². The number of nitrogens with one attached hydrogen (secondary N) is 2. The number of anilines is 1. The van der Waals surface area contributed by atoms with E-state index in [0.29, 0.717) is 35.7 Å². The molecule has 1 saturated heterocycles. The van der Waals surface area contributed by atoms with Gasteiger partial charge in [0.1, 0.15) is 12.8 Å². The standard InChI is InChI=1S/C22H25N3O2.C7H12N2O2/c1-22(2)13-15(9-10-27-22)18-11-16-12-19(24-20(16)14-23-18)21(26)25(3)17-7-5-4-6-8-17;1-5-3-6(5)7(8-4-10)9-11-2/h4-8,11-12,14-15,24H,9-10,13H2,1-3H3;4-6H,3H2,1-2H3,(H,8,9,10). The number of para-hydroxylation sites is 1. The van der Waals surface area contributed by atoms with Gasteiger partial charge < -0.3 is 24.8 Å². The zero-order valence-electron chi connectivity index (χ0n) is 22.7. The molecule has 1 aliphatic carbocycles. The Morgan fingerprint density at radius 2 is 2.03 bits per heavy atom. The van der Waals surface area contributed by atoms with Gasteiger partial charge in [0.2, 0.25) is 6.41 Å². The second-order valence-corrected chi connectivity index (χ2v) is 10.6. The van der Waals surface area contributed by atoms with Gasteiger partial charge in [-0.05, 0) is 63.3 Å². The fourth-order valence-corrected chi connectivity index (χ4v) is 4.88. The molecule has 38 heavy (non-hydrogen) atoms. The van der Waals surface area contributed by atoms with Gasteiger partial charge in [0.25, 0.3) is 5.91 Å². The zero-order valence-corrected chi connectivity index (χ0v) is 22.7. The fraction of sp³-hybridized carbons (Fsp3) is 0.448. The molecular weight excluding hydrogens is 482 g/mol. The van der Waals surface area contributed by atoms with E-state index in [9.17, 15) is 9.59 Å². The van der Waals surface area contributed by atoms with Crippen molar-refractivity contribution in [2.45, 2.75) is 51.6 Å². The number of carbonyl (C=O) groups is 2. The summed E-state index contributed by atoms with van der Waals surface area (Å²) in [6, 6.07) is 13.7. The van der Waals surface area contributed by atoms with Crippen molar-refractivity contribution in [3.8, 4) is 0 Å². The molecule has 202 valence electrons. The summed E-state index contributed by atoms with van der Waals surface area (Å²) >= 11 is 0. The largest absolute Gasteiger partial charge is 0.398 e. The number of carbonyl (C=O) groups excluding carboxylic acids is 2. The molecule has 9 heteroatoms. The molecule has 9 nitrogen and oxygen atoms in total. The summed E-state index contributed by atoms with van der Waals surface area (Å²) in [6.07, 6.45) is 5.49. The quantitative estimate of drug-likeness (QED) is 0.209. The van der Waals surface area contributed by atoms with Crippen LogP contribution in [-0.2, 0) is 14.4 Å². The van der Waals surface area contributed by atoms with Gasteiger partial charge in [0.15, 0.2) is 5.84 Å². The Balaban J connectivity index is 0.000000257. The van der Waals surface area contributed by atoms with Gasteiger partial charge in [0, 0.05) is 42.3 Å². The first-order valence-electron chi connectivity index (χ1n) is 13.0. The molecule has 3 heterocycles. The van der Waals surface area contributed by atoms with Crippen LogP contribution in [0.3, 0.4) is 0 Å². The summed E-state index contributed by atoms with van der Waals surface area (Å²) in [7, 11) is 3.26. The molecule has 1 saturated carbocycles. The SMILES string of the molecule is CN(C(=O)c1cc2cc(C3CCOC(C)(C)C3)ncc2[nH]1)c1ccccc1.CO/N=C(\NC=O)C1CC1C. The Morgan fingerprint density at radius 3 is 2.66 bits per heavy atom. The molecule has 1 aromatic carbocycles. The lowest BCUT2D eigenvalue weighted by Gasteiger charge is -2.35. The number of nitrogens with zero attached hydrogens (tertiary/aromatic N) is 3. The second-order valence-electron chi connectivity index (χ2n) is 10.6. The van der Waals surface area contributed by atoms with Crippen molar-refractivity contribution in [3.63, 3.8) is 0 Å². The molecule has 0 bridgehead atoms. The predicted molar refractivity (Wildman–Crippen MR) is 148 cm³/mol. The first-order valence-corrected chi connectivity index (χ1v) is 13.0. The summed E-state index contributed by atoms with van der Waals surface area (Å²) in [6.45, 7) is 7.13. The Morgan fingerprint density at radius 1 is 1.29 bits per heavy atom. The number of ether oxygens (including phenoxy) is 1. The summed E-state index contributed by atoms with van der Waals surface area (Å²) in [5, 5.41) is 7.24. The lowest BCUT2D eigenvalue weighted by atomic mass is 9.86. The maximum Gasteiger partial charge on any atom is 0.274 e. The third-order valence-electron chi connectivity index (χ3n) is 7.18. The minimum absolute atomic E-state index is 0.0638. The Kier molecular flexibility index (Phi) is 8.46. The third-order valence-corrected chi connectivity index (χ3v) is 7.18. The molecule has 2 fully saturated rings. The minimum atomic E-state index is -0.114. The summed E-state index contributed by atoms with van der Waals surface area (Å²) in [5.74, 6) is 1.98. The van der Waals surface area contributed by atoms with Gasteiger partial charge in [-0.15, -0.1) is 0 Å². The van der Waals surface area contributed by atoms with Crippen LogP contribution in [-0.4, -0.2) is 54.5 Å². The number of hydrogen-bond donors (Lipinski definition) is 2. The number of oxime groups is 1. The van der Waals surface area contributed by atoms with Crippen molar-refractivity contribution >= 4 is 34.7 Å². The first-order chi connectivity index (χ1) is 18.2.